The number of carboxylic acid groups (broad SMARTS) is 1. The van der Waals surface area contributed by atoms with Crippen molar-refractivity contribution in [2.45, 2.75) is 44.7 Å². The van der Waals surface area contributed by atoms with Gasteiger partial charge >= 0.3 is 5.97 Å². The van der Waals surface area contributed by atoms with Crippen LogP contribution in [0.15, 0.2) is 18.2 Å². The minimum atomic E-state index is -1.03. The molecule has 3 N–H and O–H groups in total. The number of carboxylic acids is 1. The third-order valence-corrected chi connectivity index (χ3v) is 4.87. The fourth-order valence-corrected chi connectivity index (χ4v) is 3.46. The predicted molar refractivity (Wildman–Crippen MR) is 96.4 cm³/mol. The topological polar surface area (TPSA) is 150 Å². The Morgan fingerprint density at radius 2 is 1.93 bits per heavy atom. The first-order chi connectivity index (χ1) is 13.8. The second kappa shape index (κ2) is 8.21. The first kappa shape index (κ1) is 20.2. The van der Waals surface area contributed by atoms with Crippen LogP contribution in [0.4, 0.5) is 0 Å². The van der Waals surface area contributed by atoms with Crippen LogP contribution in [0.5, 0.6) is 0 Å². The zero-order chi connectivity index (χ0) is 21.1. The zero-order valence-electron chi connectivity index (χ0n) is 15.4. The first-order valence-electron chi connectivity index (χ1n) is 9.10. The number of nitrogens with one attached hydrogen (secondary N) is 2. The van der Waals surface area contributed by atoms with Crippen molar-refractivity contribution in [2.24, 2.45) is 0 Å². The quantitative estimate of drug-likeness (QED) is 0.566. The number of benzene rings is 1. The number of rotatable bonds is 6. The summed E-state index contributed by atoms with van der Waals surface area (Å²) < 4.78 is 0. The molecule has 2 aliphatic rings. The molecule has 1 aromatic carbocycles. The summed E-state index contributed by atoms with van der Waals surface area (Å²) in [7, 11) is 0. The number of imide groups is 2. The molecule has 0 saturated carbocycles. The number of aliphatic carboxylic acids is 1. The molecule has 10 heteroatoms. The molecular weight excluding hydrogens is 382 g/mol. The van der Waals surface area contributed by atoms with Gasteiger partial charge in [0, 0.05) is 36.9 Å². The lowest BCUT2D eigenvalue weighted by Crippen LogP contribution is -2.52. The Balaban J connectivity index is 1.72. The maximum atomic E-state index is 12.7. The van der Waals surface area contributed by atoms with Crippen molar-refractivity contribution >= 4 is 35.5 Å². The van der Waals surface area contributed by atoms with E-state index in [0.717, 1.165) is 0 Å². The maximum absolute atomic E-state index is 12.7. The molecule has 152 valence electrons. The van der Waals surface area contributed by atoms with E-state index in [-0.39, 0.29) is 49.8 Å². The summed E-state index contributed by atoms with van der Waals surface area (Å²) in [5.74, 6) is -3.70. The summed E-state index contributed by atoms with van der Waals surface area (Å²) in [6, 6.07) is 3.71. The fourth-order valence-electron chi connectivity index (χ4n) is 3.46. The molecule has 0 aliphatic carbocycles. The molecule has 5 amide bonds. The van der Waals surface area contributed by atoms with Gasteiger partial charge in [0.25, 0.3) is 11.8 Å². The fraction of sp³-hybridized carbons (Fsp3) is 0.368. The van der Waals surface area contributed by atoms with Gasteiger partial charge in [-0.05, 0) is 30.5 Å². The van der Waals surface area contributed by atoms with E-state index in [0.29, 0.717) is 5.56 Å². The van der Waals surface area contributed by atoms with Crippen molar-refractivity contribution in [1.82, 2.24) is 15.5 Å². The van der Waals surface area contributed by atoms with Gasteiger partial charge in [0.1, 0.15) is 6.04 Å². The standard InChI is InChI=1S/C19H19N3O7/c23-14(5-2-6-16(25)26)20-17(27)10-3-1-4-11-12(10)9-22(19(11)29)13-7-8-15(24)21-18(13)28/h1,3-4,13H,2,5-9H2,(H,25,26)(H,20,23,27)(H,21,24,28). The van der Waals surface area contributed by atoms with Crippen molar-refractivity contribution in [2.75, 3.05) is 0 Å². The van der Waals surface area contributed by atoms with E-state index in [1.807, 2.05) is 0 Å². The van der Waals surface area contributed by atoms with Crippen LogP contribution in [0.3, 0.4) is 0 Å². The van der Waals surface area contributed by atoms with Crippen molar-refractivity contribution < 1.29 is 33.9 Å². The summed E-state index contributed by atoms with van der Waals surface area (Å²) in [6.07, 6.45) is 0.123. The molecular formula is C19H19N3O7. The second-order valence-corrected chi connectivity index (χ2v) is 6.86. The minimum Gasteiger partial charge on any atom is -0.481 e. The molecule has 1 atom stereocenters. The highest BCUT2D eigenvalue weighted by atomic mass is 16.4. The summed E-state index contributed by atoms with van der Waals surface area (Å²) >= 11 is 0. The number of carbonyl (C=O) groups is 6. The number of fused-ring (bicyclic) bond motifs is 1. The number of piperidine rings is 1. The lowest BCUT2D eigenvalue weighted by molar-refractivity contribution is -0.138. The van der Waals surface area contributed by atoms with Crippen LogP contribution < -0.4 is 10.6 Å². The molecule has 0 radical (unpaired) electrons. The van der Waals surface area contributed by atoms with Crippen LogP contribution in [0.2, 0.25) is 0 Å². The minimum absolute atomic E-state index is 0.0112. The molecule has 0 aromatic heterocycles. The molecule has 1 saturated heterocycles. The van der Waals surface area contributed by atoms with Crippen molar-refractivity contribution in [1.29, 1.82) is 0 Å². The largest absolute Gasteiger partial charge is 0.481 e. The zero-order valence-corrected chi connectivity index (χ0v) is 15.4. The molecule has 2 aliphatic heterocycles. The lowest BCUT2D eigenvalue weighted by Gasteiger charge is -2.29. The van der Waals surface area contributed by atoms with Gasteiger partial charge in [0.15, 0.2) is 0 Å². The van der Waals surface area contributed by atoms with Crippen molar-refractivity contribution in [3.8, 4) is 0 Å². The predicted octanol–water partition coefficient (Wildman–Crippen LogP) is -0.0411. The Hall–Kier alpha value is -3.56. The van der Waals surface area contributed by atoms with Crippen molar-refractivity contribution in [3.63, 3.8) is 0 Å². The Morgan fingerprint density at radius 3 is 2.62 bits per heavy atom. The van der Waals surface area contributed by atoms with Crippen LogP contribution in [-0.2, 0) is 25.7 Å². The third kappa shape index (κ3) is 4.31. The van der Waals surface area contributed by atoms with Crippen LogP contribution >= 0.6 is 0 Å². The van der Waals surface area contributed by atoms with E-state index >= 15 is 0 Å². The van der Waals surface area contributed by atoms with Gasteiger partial charge in [-0.1, -0.05) is 6.07 Å². The third-order valence-electron chi connectivity index (χ3n) is 4.87. The van der Waals surface area contributed by atoms with Crippen LogP contribution in [0, 0.1) is 0 Å². The van der Waals surface area contributed by atoms with Gasteiger partial charge < -0.3 is 10.0 Å². The number of nitrogens with zero attached hydrogens (tertiary/aromatic N) is 1. The number of hydrogen-bond acceptors (Lipinski definition) is 6. The summed E-state index contributed by atoms with van der Waals surface area (Å²) in [5.41, 5.74) is 0.802. The Morgan fingerprint density at radius 1 is 1.17 bits per heavy atom. The van der Waals surface area contributed by atoms with Crippen LogP contribution in [0.25, 0.3) is 0 Å². The molecule has 2 heterocycles. The number of carbonyl (C=O) groups excluding carboxylic acids is 5. The highest BCUT2D eigenvalue weighted by Gasteiger charge is 2.40. The number of hydrogen-bond donors (Lipinski definition) is 3. The lowest BCUT2D eigenvalue weighted by atomic mass is 10.0. The van der Waals surface area contributed by atoms with E-state index in [9.17, 15) is 28.8 Å². The summed E-state index contributed by atoms with van der Waals surface area (Å²) in [6.45, 7) is 0.0112. The monoisotopic (exact) mass is 401 g/mol. The van der Waals surface area contributed by atoms with E-state index in [2.05, 4.69) is 10.6 Å². The molecule has 0 bridgehead atoms. The molecule has 10 nitrogen and oxygen atoms in total. The summed E-state index contributed by atoms with van der Waals surface area (Å²) in [5, 5.41) is 13.0. The Kier molecular flexibility index (Phi) is 5.71. The van der Waals surface area contributed by atoms with Gasteiger partial charge in [0.2, 0.25) is 17.7 Å². The van der Waals surface area contributed by atoms with E-state index in [1.54, 1.807) is 0 Å². The van der Waals surface area contributed by atoms with Gasteiger partial charge in [-0.25, -0.2) is 0 Å². The smallest absolute Gasteiger partial charge is 0.303 e. The SMILES string of the molecule is O=C(O)CCCC(=O)NC(=O)c1cccc2c1CN(C1CCC(=O)NC1=O)C2=O. The van der Waals surface area contributed by atoms with Gasteiger partial charge in [-0.2, -0.15) is 0 Å². The van der Waals surface area contributed by atoms with Gasteiger partial charge in [-0.3, -0.25) is 39.4 Å². The number of amides is 5. The Labute approximate surface area is 165 Å². The van der Waals surface area contributed by atoms with Gasteiger partial charge in [0.05, 0.1) is 0 Å². The Bertz CT molecular complexity index is 924. The highest BCUT2D eigenvalue weighted by molar-refractivity contribution is 6.10. The second-order valence-electron chi connectivity index (χ2n) is 6.86. The molecule has 1 unspecified atom stereocenters. The molecule has 1 fully saturated rings. The van der Waals surface area contributed by atoms with E-state index < -0.39 is 41.5 Å². The summed E-state index contributed by atoms with van der Waals surface area (Å²) in [4.78, 5) is 72.4. The van der Waals surface area contributed by atoms with Crippen LogP contribution in [-0.4, -0.2) is 51.6 Å². The average Bonchev–Trinajstić information content (AvgIpc) is 2.98. The first-order valence-corrected chi connectivity index (χ1v) is 9.10. The molecule has 29 heavy (non-hydrogen) atoms. The van der Waals surface area contributed by atoms with E-state index in [1.165, 1.54) is 23.1 Å². The molecule has 1 aromatic rings. The highest BCUT2D eigenvalue weighted by Crippen LogP contribution is 2.29. The normalized spacial score (nSPS) is 18.3. The molecule has 3 rings (SSSR count). The maximum Gasteiger partial charge on any atom is 0.303 e. The van der Waals surface area contributed by atoms with Crippen LogP contribution in [0.1, 0.15) is 58.4 Å². The average molecular weight is 401 g/mol. The van der Waals surface area contributed by atoms with Gasteiger partial charge in [-0.15, -0.1) is 0 Å². The van der Waals surface area contributed by atoms with Crippen molar-refractivity contribution in [3.05, 3.63) is 34.9 Å². The van der Waals surface area contributed by atoms with E-state index in [4.69, 9.17) is 5.11 Å². The molecule has 0 spiro atoms.